The highest BCUT2D eigenvalue weighted by Gasteiger charge is 2.14. The van der Waals surface area contributed by atoms with Crippen molar-refractivity contribution in [2.45, 2.75) is 26.7 Å². The fraction of sp³-hybridized carbons (Fsp3) is 0.308. The van der Waals surface area contributed by atoms with E-state index in [-0.39, 0.29) is 11.7 Å². The molecule has 0 aromatic carbocycles. The van der Waals surface area contributed by atoms with Crippen LogP contribution in [0.15, 0.2) is 18.3 Å². The minimum Gasteiger partial charge on any atom is -0.250 e. The number of rotatable bonds is 2. The predicted molar refractivity (Wildman–Crippen MR) is 69.1 cm³/mol. The molecule has 0 aliphatic rings. The molecule has 0 bridgehead atoms. The lowest BCUT2D eigenvalue weighted by atomic mass is 10.0. The first kappa shape index (κ1) is 12.9. The summed E-state index contributed by atoms with van der Waals surface area (Å²) in [4.78, 5) is 12.5. The van der Waals surface area contributed by atoms with Crippen molar-refractivity contribution < 1.29 is 4.39 Å². The number of aromatic nitrogens is 3. The van der Waals surface area contributed by atoms with E-state index < -0.39 is 0 Å². The monoisotopic (exact) mass is 265 g/mol. The molecule has 0 saturated carbocycles. The van der Waals surface area contributed by atoms with Gasteiger partial charge in [-0.3, -0.25) is 0 Å². The van der Waals surface area contributed by atoms with Crippen molar-refractivity contribution in [3.63, 3.8) is 0 Å². The van der Waals surface area contributed by atoms with Crippen LogP contribution in [0, 0.1) is 12.7 Å². The highest BCUT2D eigenvalue weighted by molar-refractivity contribution is 6.30. The molecule has 0 fully saturated rings. The minimum atomic E-state index is -0.389. The Bertz CT molecular complexity index is 544. The Morgan fingerprint density at radius 3 is 2.44 bits per heavy atom. The lowest BCUT2D eigenvalue weighted by Gasteiger charge is -2.11. The highest BCUT2D eigenvalue weighted by Crippen LogP contribution is 2.27. The molecule has 18 heavy (non-hydrogen) atoms. The molecule has 2 rings (SSSR count). The lowest BCUT2D eigenvalue weighted by Crippen LogP contribution is -2.02. The van der Waals surface area contributed by atoms with Crippen LogP contribution in [-0.4, -0.2) is 15.0 Å². The molecule has 0 atom stereocenters. The van der Waals surface area contributed by atoms with E-state index in [2.05, 4.69) is 15.0 Å². The van der Waals surface area contributed by atoms with Gasteiger partial charge in [-0.2, -0.15) is 0 Å². The molecular formula is C13H13ClFN3. The van der Waals surface area contributed by atoms with Crippen LogP contribution in [0.4, 0.5) is 4.39 Å². The average Bonchev–Trinajstić information content (AvgIpc) is 2.28. The van der Waals surface area contributed by atoms with Gasteiger partial charge in [0.15, 0.2) is 5.82 Å². The molecule has 0 N–H and O–H groups in total. The molecule has 3 nitrogen and oxygen atoms in total. The molecular weight excluding hydrogens is 253 g/mol. The smallest absolute Gasteiger partial charge is 0.179 e. The summed E-state index contributed by atoms with van der Waals surface area (Å²) >= 11 is 6.16. The quantitative estimate of drug-likeness (QED) is 0.776. The first-order valence-electron chi connectivity index (χ1n) is 5.65. The van der Waals surface area contributed by atoms with Gasteiger partial charge >= 0.3 is 0 Å². The Balaban J connectivity index is 2.51. The largest absolute Gasteiger partial charge is 0.250 e. The average molecular weight is 266 g/mol. The van der Waals surface area contributed by atoms with Gasteiger partial charge in [-0.25, -0.2) is 19.3 Å². The summed E-state index contributed by atoms with van der Waals surface area (Å²) in [6.45, 7) is 5.96. The maximum Gasteiger partial charge on any atom is 0.179 e. The van der Waals surface area contributed by atoms with Crippen LogP contribution in [0.2, 0.25) is 5.15 Å². The predicted octanol–water partition coefficient (Wildman–Crippen LogP) is 3.76. The number of aryl methyl sites for hydroxylation is 1. The molecule has 5 heteroatoms. The van der Waals surface area contributed by atoms with E-state index in [1.54, 1.807) is 0 Å². The number of hydrogen-bond donors (Lipinski definition) is 0. The van der Waals surface area contributed by atoms with E-state index in [1.807, 2.05) is 20.8 Å². The maximum absolute atomic E-state index is 12.8. The Kier molecular flexibility index (Phi) is 3.57. The topological polar surface area (TPSA) is 38.7 Å². The molecule has 2 aromatic rings. The molecule has 0 unspecified atom stereocenters. The summed E-state index contributed by atoms with van der Waals surface area (Å²) in [5, 5.41) is 0.429. The summed E-state index contributed by atoms with van der Waals surface area (Å²) in [5.74, 6) is 0.287. The van der Waals surface area contributed by atoms with Crippen molar-refractivity contribution in [2.24, 2.45) is 0 Å². The van der Waals surface area contributed by atoms with Crippen molar-refractivity contribution in [3.05, 3.63) is 40.6 Å². The zero-order valence-electron chi connectivity index (χ0n) is 10.4. The van der Waals surface area contributed by atoms with E-state index in [0.29, 0.717) is 16.7 Å². The van der Waals surface area contributed by atoms with E-state index in [4.69, 9.17) is 11.6 Å². The third-order valence-corrected chi connectivity index (χ3v) is 2.91. The molecule has 0 aliphatic heterocycles. The van der Waals surface area contributed by atoms with Crippen molar-refractivity contribution in [3.8, 4) is 11.5 Å². The standard InChI is InChI=1S/C13H13ClFN3/c1-7(2)11-8(3)17-13(18-12(11)14)10-5-4-9(15)6-16-10/h4-7H,1-3H3. The Hall–Kier alpha value is -1.55. The second-order valence-electron chi connectivity index (χ2n) is 4.35. The van der Waals surface area contributed by atoms with Gasteiger partial charge in [0.05, 0.1) is 6.20 Å². The van der Waals surface area contributed by atoms with Gasteiger partial charge in [0, 0.05) is 11.3 Å². The Morgan fingerprint density at radius 1 is 1.22 bits per heavy atom. The van der Waals surface area contributed by atoms with E-state index in [0.717, 1.165) is 17.5 Å². The second-order valence-corrected chi connectivity index (χ2v) is 4.71. The van der Waals surface area contributed by atoms with Crippen LogP contribution in [0.1, 0.15) is 31.0 Å². The van der Waals surface area contributed by atoms with Gasteiger partial charge in [0.2, 0.25) is 0 Å². The van der Waals surface area contributed by atoms with Gasteiger partial charge in [0.25, 0.3) is 0 Å². The lowest BCUT2D eigenvalue weighted by molar-refractivity contribution is 0.621. The summed E-state index contributed by atoms with van der Waals surface area (Å²) in [5.41, 5.74) is 2.27. The Morgan fingerprint density at radius 2 is 1.94 bits per heavy atom. The first-order chi connectivity index (χ1) is 8.49. The number of hydrogen-bond acceptors (Lipinski definition) is 3. The van der Waals surface area contributed by atoms with E-state index in [1.165, 1.54) is 12.1 Å². The van der Waals surface area contributed by atoms with Gasteiger partial charge in [0.1, 0.15) is 16.7 Å². The SMILES string of the molecule is Cc1nc(-c2ccc(F)cn2)nc(Cl)c1C(C)C. The summed E-state index contributed by atoms with van der Waals surface area (Å²) in [6, 6.07) is 2.86. The summed E-state index contributed by atoms with van der Waals surface area (Å²) in [7, 11) is 0. The zero-order chi connectivity index (χ0) is 13.3. The molecule has 0 amide bonds. The van der Waals surface area contributed by atoms with Crippen molar-refractivity contribution in [2.75, 3.05) is 0 Å². The molecule has 0 aliphatic carbocycles. The van der Waals surface area contributed by atoms with Crippen molar-refractivity contribution in [1.82, 2.24) is 15.0 Å². The number of nitrogens with zero attached hydrogens (tertiary/aromatic N) is 3. The third-order valence-electron chi connectivity index (χ3n) is 2.62. The van der Waals surface area contributed by atoms with Crippen LogP contribution in [-0.2, 0) is 0 Å². The zero-order valence-corrected chi connectivity index (χ0v) is 11.2. The highest BCUT2D eigenvalue weighted by atomic mass is 35.5. The van der Waals surface area contributed by atoms with E-state index >= 15 is 0 Å². The van der Waals surface area contributed by atoms with Gasteiger partial charge < -0.3 is 0 Å². The van der Waals surface area contributed by atoms with Crippen molar-refractivity contribution >= 4 is 11.6 Å². The molecule has 94 valence electrons. The van der Waals surface area contributed by atoms with Crippen LogP contribution in [0.3, 0.4) is 0 Å². The third kappa shape index (κ3) is 2.48. The minimum absolute atomic E-state index is 0.257. The van der Waals surface area contributed by atoms with Gasteiger partial charge in [-0.15, -0.1) is 0 Å². The van der Waals surface area contributed by atoms with Crippen molar-refractivity contribution in [1.29, 1.82) is 0 Å². The van der Waals surface area contributed by atoms with Crippen LogP contribution in [0.25, 0.3) is 11.5 Å². The van der Waals surface area contributed by atoms with Crippen LogP contribution < -0.4 is 0 Å². The molecule has 2 aromatic heterocycles. The Labute approximate surface area is 110 Å². The van der Waals surface area contributed by atoms with Gasteiger partial charge in [-0.05, 0) is 25.0 Å². The first-order valence-corrected chi connectivity index (χ1v) is 6.02. The van der Waals surface area contributed by atoms with E-state index in [9.17, 15) is 4.39 Å². The molecule has 2 heterocycles. The number of halogens is 2. The fourth-order valence-electron chi connectivity index (χ4n) is 1.83. The maximum atomic E-state index is 12.8. The molecule has 0 spiro atoms. The number of pyridine rings is 1. The van der Waals surface area contributed by atoms with Gasteiger partial charge in [-0.1, -0.05) is 25.4 Å². The fourth-order valence-corrected chi connectivity index (χ4v) is 2.26. The van der Waals surface area contributed by atoms with Crippen LogP contribution >= 0.6 is 11.6 Å². The summed E-state index contributed by atoms with van der Waals surface area (Å²) in [6.07, 6.45) is 1.14. The second kappa shape index (κ2) is 4.98. The van der Waals surface area contributed by atoms with Crippen LogP contribution in [0.5, 0.6) is 0 Å². The normalized spacial score (nSPS) is 11.0. The summed E-state index contributed by atoms with van der Waals surface area (Å²) < 4.78 is 12.8. The molecule has 0 saturated heterocycles. The molecule has 0 radical (unpaired) electrons.